The van der Waals surface area contributed by atoms with Crippen LogP contribution in [0.1, 0.15) is 61.1 Å². The lowest BCUT2D eigenvalue weighted by Crippen LogP contribution is -2.40. The molecule has 0 radical (unpaired) electrons. The van der Waals surface area contributed by atoms with Gasteiger partial charge in [-0.25, -0.2) is 0 Å². The van der Waals surface area contributed by atoms with Crippen molar-refractivity contribution in [2.75, 3.05) is 0 Å². The number of aryl methyl sites for hydroxylation is 1. The highest BCUT2D eigenvalue weighted by Crippen LogP contribution is 2.43. The van der Waals surface area contributed by atoms with Gasteiger partial charge in [-0.05, 0) is 68.4 Å². The second-order valence-corrected chi connectivity index (χ2v) is 8.85. The summed E-state index contributed by atoms with van der Waals surface area (Å²) in [5.41, 5.74) is 4.75. The van der Waals surface area contributed by atoms with E-state index in [9.17, 15) is 0 Å². The summed E-state index contributed by atoms with van der Waals surface area (Å²) >= 11 is 5.90. The molecule has 5 rings (SSSR count). The Kier molecular flexibility index (Phi) is 5.30. The number of rotatable bonds is 4. The van der Waals surface area contributed by atoms with Crippen molar-refractivity contribution in [3.8, 4) is 5.69 Å². The van der Waals surface area contributed by atoms with Crippen molar-refractivity contribution in [3.63, 3.8) is 0 Å². The fraction of sp³-hybridized carbons (Fsp3) is 0.360. The molecule has 0 bridgehead atoms. The normalized spacial score (nSPS) is 22.3. The van der Waals surface area contributed by atoms with E-state index in [1.54, 1.807) is 0 Å². The Morgan fingerprint density at radius 2 is 1.77 bits per heavy atom. The average molecular weight is 417 g/mol. The number of benzene rings is 1. The van der Waals surface area contributed by atoms with Crippen LogP contribution in [0.25, 0.3) is 5.69 Å². The Morgan fingerprint density at radius 3 is 2.50 bits per heavy atom. The lowest BCUT2D eigenvalue weighted by Gasteiger charge is -2.37. The summed E-state index contributed by atoms with van der Waals surface area (Å²) in [7, 11) is 0. The highest BCUT2D eigenvalue weighted by atomic mass is 32.1. The van der Waals surface area contributed by atoms with Crippen LogP contribution in [-0.4, -0.2) is 25.6 Å². The quantitative estimate of drug-likeness (QED) is 0.571. The smallest absolute Gasteiger partial charge is 0.170 e. The molecular formula is C25H28N4S. The van der Waals surface area contributed by atoms with Crippen molar-refractivity contribution >= 4 is 17.3 Å². The lowest BCUT2D eigenvalue weighted by atomic mass is 9.92. The lowest BCUT2D eigenvalue weighted by molar-refractivity contribution is 0.193. The van der Waals surface area contributed by atoms with E-state index >= 15 is 0 Å². The van der Waals surface area contributed by atoms with Gasteiger partial charge in [0.15, 0.2) is 5.11 Å². The van der Waals surface area contributed by atoms with Crippen molar-refractivity contribution in [2.24, 2.45) is 0 Å². The zero-order valence-corrected chi connectivity index (χ0v) is 18.2. The van der Waals surface area contributed by atoms with E-state index in [0.717, 1.165) is 10.8 Å². The number of thiocarbonyl (C=S) groups is 1. The van der Waals surface area contributed by atoms with Crippen LogP contribution in [0.15, 0.2) is 67.0 Å². The summed E-state index contributed by atoms with van der Waals surface area (Å²) < 4.78 is 2.31. The number of aromatic nitrogens is 2. The van der Waals surface area contributed by atoms with Gasteiger partial charge < -0.3 is 14.8 Å². The molecule has 3 aromatic rings. The van der Waals surface area contributed by atoms with Gasteiger partial charge in [-0.15, -0.1) is 0 Å². The summed E-state index contributed by atoms with van der Waals surface area (Å²) in [6.45, 7) is 2.13. The Labute approximate surface area is 183 Å². The topological polar surface area (TPSA) is 33.1 Å². The molecule has 5 heteroatoms. The van der Waals surface area contributed by atoms with Crippen molar-refractivity contribution in [3.05, 3.63) is 83.9 Å². The maximum atomic E-state index is 5.90. The molecule has 3 heterocycles. The number of pyridine rings is 1. The van der Waals surface area contributed by atoms with Gasteiger partial charge in [0.05, 0.1) is 17.8 Å². The predicted molar refractivity (Wildman–Crippen MR) is 125 cm³/mol. The van der Waals surface area contributed by atoms with Gasteiger partial charge in [0.25, 0.3) is 0 Å². The molecule has 154 valence electrons. The van der Waals surface area contributed by atoms with E-state index in [1.807, 2.05) is 12.3 Å². The van der Waals surface area contributed by atoms with Crippen LogP contribution < -0.4 is 5.32 Å². The minimum Gasteiger partial charge on any atom is -0.352 e. The van der Waals surface area contributed by atoms with Gasteiger partial charge >= 0.3 is 0 Å². The Morgan fingerprint density at radius 1 is 0.967 bits per heavy atom. The predicted octanol–water partition coefficient (Wildman–Crippen LogP) is 5.49. The van der Waals surface area contributed by atoms with Gasteiger partial charge in [0.2, 0.25) is 0 Å². The average Bonchev–Trinajstić information content (AvgIpc) is 3.40. The molecule has 2 fully saturated rings. The van der Waals surface area contributed by atoms with Crippen LogP contribution in [0.2, 0.25) is 0 Å². The molecular weight excluding hydrogens is 388 g/mol. The highest BCUT2D eigenvalue weighted by molar-refractivity contribution is 7.80. The van der Waals surface area contributed by atoms with E-state index in [1.165, 1.54) is 49.0 Å². The van der Waals surface area contributed by atoms with E-state index in [4.69, 9.17) is 17.2 Å². The Balaban J connectivity index is 1.60. The summed E-state index contributed by atoms with van der Waals surface area (Å²) in [6, 6.07) is 19.9. The molecule has 1 aromatic carbocycles. The zero-order valence-electron chi connectivity index (χ0n) is 17.4. The van der Waals surface area contributed by atoms with Crippen molar-refractivity contribution in [1.82, 2.24) is 19.8 Å². The summed E-state index contributed by atoms with van der Waals surface area (Å²) in [5.74, 6) is 0. The monoisotopic (exact) mass is 416 g/mol. The van der Waals surface area contributed by atoms with E-state index in [0.29, 0.717) is 6.04 Å². The molecule has 1 saturated heterocycles. The number of nitrogens with one attached hydrogen (secondary N) is 1. The first-order valence-corrected chi connectivity index (χ1v) is 11.4. The molecule has 0 spiro atoms. The summed E-state index contributed by atoms with van der Waals surface area (Å²) in [4.78, 5) is 7.17. The van der Waals surface area contributed by atoms with Crippen LogP contribution in [0.3, 0.4) is 0 Å². The number of nitrogens with zero attached hydrogens (tertiary/aromatic N) is 3. The molecule has 2 aromatic heterocycles. The maximum absolute atomic E-state index is 5.90. The second-order valence-electron chi connectivity index (χ2n) is 8.46. The molecule has 2 atom stereocenters. The molecule has 0 amide bonds. The first kappa shape index (κ1) is 19.3. The van der Waals surface area contributed by atoms with Crippen LogP contribution >= 0.6 is 12.2 Å². The van der Waals surface area contributed by atoms with Crippen LogP contribution in [-0.2, 0) is 0 Å². The number of hydrogen-bond acceptors (Lipinski definition) is 2. The fourth-order valence-electron chi connectivity index (χ4n) is 5.01. The van der Waals surface area contributed by atoms with Crippen molar-refractivity contribution in [1.29, 1.82) is 0 Å². The zero-order chi connectivity index (χ0) is 20.5. The van der Waals surface area contributed by atoms with Gasteiger partial charge in [-0.2, -0.15) is 0 Å². The maximum Gasteiger partial charge on any atom is 0.170 e. The molecule has 30 heavy (non-hydrogen) atoms. The molecule has 1 saturated carbocycles. The SMILES string of the molecule is Cc1ccc(-n2cccc2[C@@H]2[C@H](c3ccccn3)NC(=S)N2C2CCCCC2)cc1. The molecule has 4 nitrogen and oxygen atoms in total. The third-order valence-electron chi connectivity index (χ3n) is 6.50. The molecule has 1 N–H and O–H groups in total. The molecule has 0 unspecified atom stereocenters. The second kappa shape index (κ2) is 8.23. The molecule has 1 aliphatic carbocycles. The van der Waals surface area contributed by atoms with Crippen molar-refractivity contribution < 1.29 is 0 Å². The van der Waals surface area contributed by atoms with Gasteiger partial charge in [0.1, 0.15) is 0 Å². The minimum absolute atomic E-state index is 0.0414. The first-order chi connectivity index (χ1) is 14.7. The minimum atomic E-state index is 0.0414. The third-order valence-corrected chi connectivity index (χ3v) is 6.83. The largest absolute Gasteiger partial charge is 0.352 e. The van der Waals surface area contributed by atoms with Gasteiger partial charge in [0, 0.05) is 29.8 Å². The van der Waals surface area contributed by atoms with E-state index < -0.39 is 0 Å². The standard InChI is InChI=1S/C25H28N4S/c1-18-12-14-19(15-13-18)28-17-7-11-22(28)24-23(21-10-5-6-16-26-21)27-25(30)29(24)20-8-3-2-4-9-20/h5-7,10-17,20,23-24H,2-4,8-9H2,1H3,(H,27,30)/t23-,24+/m0/s1. The van der Waals surface area contributed by atoms with Crippen LogP contribution in [0, 0.1) is 6.92 Å². The van der Waals surface area contributed by atoms with Gasteiger partial charge in [-0.1, -0.05) is 43.0 Å². The first-order valence-electron chi connectivity index (χ1n) is 11.0. The Hall–Kier alpha value is -2.66. The summed E-state index contributed by atoms with van der Waals surface area (Å²) in [6.07, 6.45) is 10.3. The Bertz CT molecular complexity index is 1010. The third kappa shape index (κ3) is 3.52. The van der Waals surface area contributed by atoms with Gasteiger partial charge in [-0.3, -0.25) is 4.98 Å². The van der Waals surface area contributed by atoms with E-state index in [2.05, 4.69) is 76.4 Å². The van der Waals surface area contributed by atoms with Crippen LogP contribution in [0.4, 0.5) is 0 Å². The van der Waals surface area contributed by atoms with E-state index in [-0.39, 0.29) is 12.1 Å². The molecule has 2 aliphatic rings. The fourth-order valence-corrected chi connectivity index (χ4v) is 5.40. The summed E-state index contributed by atoms with van der Waals surface area (Å²) in [5, 5.41) is 4.49. The van der Waals surface area contributed by atoms with Crippen LogP contribution in [0.5, 0.6) is 0 Å². The van der Waals surface area contributed by atoms with Crippen molar-refractivity contribution in [2.45, 2.75) is 57.2 Å². The number of hydrogen-bond donors (Lipinski definition) is 1. The highest BCUT2D eigenvalue weighted by Gasteiger charge is 2.44. The molecule has 1 aliphatic heterocycles.